The average Bonchev–Trinajstić information content (AvgIpc) is 3.23. The SMILES string of the molecule is C/C=C1\CN(C)C2CC1C(CO)(C(=O)OC)C13CCOC21Nc1ccccc13. The number of likely N-dealkylation sites (N-methyl/N-ethyl adjacent to an activating group) is 1. The van der Waals surface area contributed by atoms with Gasteiger partial charge in [-0.3, -0.25) is 9.69 Å². The number of para-hydroxylation sites is 1. The zero-order valence-corrected chi connectivity index (χ0v) is 16.7. The minimum Gasteiger partial charge on any atom is -0.468 e. The van der Waals surface area contributed by atoms with Crippen molar-refractivity contribution < 1.29 is 19.4 Å². The molecule has 1 saturated carbocycles. The molecular weight excluding hydrogens is 356 g/mol. The highest BCUT2D eigenvalue weighted by Gasteiger charge is 2.81. The van der Waals surface area contributed by atoms with Crippen LogP contribution < -0.4 is 5.32 Å². The van der Waals surface area contributed by atoms with Gasteiger partial charge in [0.1, 0.15) is 5.41 Å². The van der Waals surface area contributed by atoms with E-state index in [4.69, 9.17) is 9.47 Å². The molecule has 0 spiro atoms. The minimum absolute atomic E-state index is 0.0843. The van der Waals surface area contributed by atoms with E-state index >= 15 is 0 Å². The summed E-state index contributed by atoms with van der Waals surface area (Å²) >= 11 is 0. The number of fused-ring (bicyclic) bond motifs is 3. The monoisotopic (exact) mass is 384 g/mol. The van der Waals surface area contributed by atoms with Crippen molar-refractivity contribution in [1.82, 2.24) is 4.90 Å². The second-order valence-corrected chi connectivity index (χ2v) is 8.61. The molecule has 6 heteroatoms. The summed E-state index contributed by atoms with van der Waals surface area (Å²) in [6.07, 6.45) is 3.53. The van der Waals surface area contributed by atoms with Crippen LogP contribution >= 0.6 is 0 Å². The quantitative estimate of drug-likeness (QED) is 0.600. The van der Waals surface area contributed by atoms with Crippen LogP contribution in [-0.4, -0.2) is 61.7 Å². The smallest absolute Gasteiger partial charge is 0.315 e. The molecule has 1 aliphatic carbocycles. The van der Waals surface area contributed by atoms with Gasteiger partial charge in [0, 0.05) is 18.2 Å². The molecular formula is C22H28N2O4. The van der Waals surface area contributed by atoms with E-state index in [1.165, 1.54) is 12.7 Å². The second-order valence-electron chi connectivity index (χ2n) is 8.61. The van der Waals surface area contributed by atoms with Crippen LogP contribution in [-0.2, 0) is 19.7 Å². The third-order valence-electron chi connectivity index (χ3n) is 8.01. The first-order valence-electron chi connectivity index (χ1n) is 10.1. The average molecular weight is 384 g/mol. The number of methoxy groups -OCH3 is 1. The third-order valence-corrected chi connectivity index (χ3v) is 8.01. The Morgan fingerprint density at radius 2 is 2.25 bits per heavy atom. The van der Waals surface area contributed by atoms with Gasteiger partial charge in [-0.2, -0.15) is 0 Å². The van der Waals surface area contributed by atoms with E-state index in [0.29, 0.717) is 13.0 Å². The van der Waals surface area contributed by atoms with Gasteiger partial charge in [-0.1, -0.05) is 29.8 Å². The van der Waals surface area contributed by atoms with Crippen molar-refractivity contribution in [3.05, 3.63) is 41.5 Å². The van der Waals surface area contributed by atoms with Crippen LogP contribution in [0, 0.1) is 11.3 Å². The predicted octanol–water partition coefficient (Wildman–Crippen LogP) is 1.90. The van der Waals surface area contributed by atoms with E-state index in [9.17, 15) is 9.90 Å². The van der Waals surface area contributed by atoms with Gasteiger partial charge < -0.3 is 19.9 Å². The predicted molar refractivity (Wildman–Crippen MR) is 105 cm³/mol. The maximum Gasteiger partial charge on any atom is 0.315 e. The number of allylic oxidation sites excluding steroid dienone is 1. The number of hydrogen-bond donors (Lipinski definition) is 2. The number of nitrogens with one attached hydrogen (secondary N) is 1. The van der Waals surface area contributed by atoms with Gasteiger partial charge in [0.15, 0.2) is 5.72 Å². The Bertz CT molecular complexity index is 870. The number of likely N-dealkylation sites (tertiary alicyclic amines) is 1. The van der Waals surface area contributed by atoms with Crippen LogP contribution in [0.5, 0.6) is 0 Å². The molecule has 2 bridgehead atoms. The number of ether oxygens (including phenoxy) is 2. The van der Waals surface area contributed by atoms with Crippen LogP contribution in [0.15, 0.2) is 35.9 Å². The van der Waals surface area contributed by atoms with E-state index in [1.54, 1.807) is 0 Å². The lowest BCUT2D eigenvalue weighted by molar-refractivity contribution is -0.202. The molecule has 0 radical (unpaired) electrons. The lowest BCUT2D eigenvalue weighted by Crippen LogP contribution is -2.78. The summed E-state index contributed by atoms with van der Waals surface area (Å²) in [6.45, 7) is 3.06. The molecule has 5 rings (SSSR count). The molecule has 5 unspecified atom stereocenters. The largest absolute Gasteiger partial charge is 0.468 e. The molecule has 2 saturated heterocycles. The Morgan fingerprint density at radius 1 is 1.46 bits per heavy atom. The summed E-state index contributed by atoms with van der Waals surface area (Å²) in [4.78, 5) is 15.9. The lowest BCUT2D eigenvalue weighted by Gasteiger charge is -2.64. The van der Waals surface area contributed by atoms with Gasteiger partial charge in [0.05, 0.1) is 31.8 Å². The van der Waals surface area contributed by atoms with Crippen molar-refractivity contribution in [3.8, 4) is 0 Å². The van der Waals surface area contributed by atoms with E-state index in [0.717, 1.165) is 24.2 Å². The molecule has 5 atom stereocenters. The van der Waals surface area contributed by atoms with Crippen molar-refractivity contribution in [2.75, 3.05) is 39.2 Å². The number of esters is 1. The maximum atomic E-state index is 13.5. The summed E-state index contributed by atoms with van der Waals surface area (Å²) in [5, 5.41) is 14.6. The van der Waals surface area contributed by atoms with Gasteiger partial charge in [-0.15, -0.1) is 0 Å². The van der Waals surface area contributed by atoms with Crippen molar-refractivity contribution in [2.45, 2.75) is 36.9 Å². The topological polar surface area (TPSA) is 71.0 Å². The zero-order valence-electron chi connectivity index (χ0n) is 16.7. The Kier molecular flexibility index (Phi) is 3.77. The highest BCUT2D eigenvalue weighted by Crippen LogP contribution is 2.71. The first-order valence-corrected chi connectivity index (χ1v) is 10.1. The summed E-state index contributed by atoms with van der Waals surface area (Å²) in [6, 6.07) is 8.24. The van der Waals surface area contributed by atoms with E-state index in [1.807, 2.05) is 25.1 Å². The van der Waals surface area contributed by atoms with E-state index in [-0.39, 0.29) is 24.5 Å². The molecule has 3 fully saturated rings. The number of benzene rings is 1. The summed E-state index contributed by atoms with van der Waals surface area (Å²) in [5.74, 6) is -0.422. The molecule has 2 N–H and O–H groups in total. The Morgan fingerprint density at radius 3 is 2.96 bits per heavy atom. The number of piperidine rings is 1. The third kappa shape index (κ3) is 1.70. The molecule has 150 valence electrons. The standard InChI is InChI=1S/C22H28N2O4/c1-4-14-12-24(2)18-11-16(14)20(13-25,19(26)27-3)21-9-10-28-22(18,21)23-17-8-6-5-7-15(17)21/h4-8,16,18,23,25H,9-13H2,1-3H3/b14-4+. The summed E-state index contributed by atoms with van der Waals surface area (Å²) < 4.78 is 11.9. The molecule has 6 nitrogen and oxygen atoms in total. The zero-order chi connectivity index (χ0) is 19.7. The molecule has 0 aromatic heterocycles. The molecule has 1 aromatic rings. The van der Waals surface area contributed by atoms with Crippen LogP contribution in [0.3, 0.4) is 0 Å². The number of hydrogen-bond acceptors (Lipinski definition) is 6. The minimum atomic E-state index is -1.09. The number of aliphatic hydroxyl groups excluding tert-OH is 1. The molecule has 4 aliphatic rings. The van der Waals surface area contributed by atoms with Gasteiger partial charge in [0.25, 0.3) is 0 Å². The van der Waals surface area contributed by atoms with Gasteiger partial charge in [-0.05, 0) is 38.4 Å². The normalized spacial score (nSPS) is 42.5. The fourth-order valence-corrected chi connectivity index (χ4v) is 7.03. The number of carbonyl (C=O) groups excluding carboxylic acids is 1. The van der Waals surface area contributed by atoms with Crippen molar-refractivity contribution in [2.24, 2.45) is 11.3 Å². The van der Waals surface area contributed by atoms with E-state index < -0.39 is 16.6 Å². The summed E-state index contributed by atoms with van der Waals surface area (Å²) in [7, 11) is 3.55. The van der Waals surface area contributed by atoms with Crippen LogP contribution in [0.1, 0.15) is 25.3 Å². The maximum absolute atomic E-state index is 13.5. The number of aliphatic hydroxyl groups is 1. The second kappa shape index (κ2) is 5.81. The number of rotatable bonds is 2. The molecule has 0 amide bonds. The van der Waals surface area contributed by atoms with Crippen molar-refractivity contribution in [1.29, 1.82) is 0 Å². The molecule has 1 aromatic carbocycles. The van der Waals surface area contributed by atoms with Crippen LogP contribution in [0.25, 0.3) is 0 Å². The van der Waals surface area contributed by atoms with Crippen LogP contribution in [0.4, 0.5) is 5.69 Å². The van der Waals surface area contributed by atoms with Crippen LogP contribution in [0.2, 0.25) is 0 Å². The van der Waals surface area contributed by atoms with E-state index in [2.05, 4.69) is 29.4 Å². The summed E-state index contributed by atoms with van der Waals surface area (Å²) in [5.41, 5.74) is 0.724. The highest BCUT2D eigenvalue weighted by molar-refractivity contribution is 5.85. The van der Waals surface area contributed by atoms with Crippen molar-refractivity contribution >= 4 is 11.7 Å². The fourth-order valence-electron chi connectivity index (χ4n) is 7.03. The molecule has 3 aliphatic heterocycles. The van der Waals surface area contributed by atoms with Crippen molar-refractivity contribution in [3.63, 3.8) is 0 Å². The Balaban J connectivity index is 1.88. The molecule has 3 heterocycles. The number of nitrogens with zero attached hydrogens (tertiary/aromatic N) is 1. The van der Waals surface area contributed by atoms with Gasteiger partial charge in [-0.25, -0.2) is 0 Å². The van der Waals surface area contributed by atoms with Gasteiger partial charge in [0.2, 0.25) is 0 Å². The lowest BCUT2D eigenvalue weighted by atomic mass is 9.43. The Labute approximate surface area is 165 Å². The van der Waals surface area contributed by atoms with Gasteiger partial charge >= 0.3 is 5.97 Å². The molecule has 28 heavy (non-hydrogen) atoms. The Hall–Kier alpha value is -1.89. The highest BCUT2D eigenvalue weighted by atomic mass is 16.5. The number of anilines is 1. The first kappa shape index (κ1) is 18.2. The first-order chi connectivity index (χ1) is 13.5. The fraction of sp³-hybridized carbons (Fsp3) is 0.591. The number of carbonyl (C=O) groups is 1.